The Morgan fingerprint density at radius 2 is 1.58 bits per heavy atom. The number of ether oxygens (including phenoxy) is 2. The lowest BCUT2D eigenvalue weighted by Gasteiger charge is -2.39. The van der Waals surface area contributed by atoms with Gasteiger partial charge in [0.2, 0.25) is 11.8 Å². The smallest absolute Gasteiger partial charge is 0.243 e. The highest BCUT2D eigenvalue weighted by atomic mass is 16.7. The van der Waals surface area contributed by atoms with Gasteiger partial charge in [0, 0.05) is 43.1 Å². The third-order valence-corrected chi connectivity index (χ3v) is 7.80. The number of likely N-dealkylation sites (N-methyl/N-ethyl adjacent to an activating group) is 1. The number of hydroxylamine groups is 1. The van der Waals surface area contributed by atoms with E-state index in [2.05, 4.69) is 10.2 Å². The number of nitrogens with one attached hydrogen (secondary N) is 2. The van der Waals surface area contributed by atoms with Gasteiger partial charge in [-0.25, -0.2) is 5.48 Å². The lowest BCUT2D eigenvalue weighted by atomic mass is 9.98. The zero-order valence-corrected chi connectivity index (χ0v) is 24.6. The molecule has 5 atom stereocenters. The summed E-state index contributed by atoms with van der Waals surface area (Å²) < 4.78 is 12.9. The Morgan fingerprint density at radius 3 is 2.23 bits per heavy atom. The number of rotatable bonds is 13. The normalized spacial score (nSPS) is 19.9. The van der Waals surface area contributed by atoms with E-state index in [1.165, 1.54) is 0 Å². The molecule has 0 aliphatic carbocycles. The van der Waals surface area contributed by atoms with Crippen molar-refractivity contribution in [3.8, 4) is 0 Å². The quantitative estimate of drug-likeness (QED) is 0.146. The van der Waals surface area contributed by atoms with Crippen LogP contribution < -0.4 is 10.8 Å². The molecule has 0 saturated carbocycles. The van der Waals surface area contributed by atoms with Crippen LogP contribution >= 0.6 is 0 Å². The first-order valence-electron chi connectivity index (χ1n) is 14.5. The number of nitrogens with zero attached hydrogens (tertiary/aromatic N) is 1. The number of amides is 2. The van der Waals surface area contributed by atoms with Crippen LogP contribution in [0.3, 0.4) is 0 Å². The highest BCUT2D eigenvalue weighted by molar-refractivity contribution is 5.91. The predicted molar refractivity (Wildman–Crippen MR) is 161 cm³/mol. The number of hydrogen-bond donors (Lipinski definition) is 5. The van der Waals surface area contributed by atoms with Gasteiger partial charge in [-0.15, -0.1) is 0 Å². The summed E-state index contributed by atoms with van der Waals surface area (Å²) in [4.78, 5) is 25.5. The van der Waals surface area contributed by atoms with Crippen molar-refractivity contribution < 1.29 is 34.5 Å². The zero-order chi connectivity index (χ0) is 30.8. The van der Waals surface area contributed by atoms with Crippen molar-refractivity contribution in [3.05, 3.63) is 101 Å². The topological polar surface area (TPSA) is 141 Å². The minimum Gasteiger partial charge on any atom is -0.392 e. The van der Waals surface area contributed by atoms with Crippen LogP contribution in [0.5, 0.6) is 0 Å². The summed E-state index contributed by atoms with van der Waals surface area (Å²) >= 11 is 0. The standard InChI is InChI=1S/C33H41N3O7/c1-22(32(40)25-7-4-3-5-8-25)36(2)20-28-19-29(24-13-11-23(21-37)12-14-24)43-33(42-28)26-15-17-27(18-16-26)34-30(38)9-6-10-31(39)35-41/h3-5,7-8,11-18,22,28-29,32-33,37,40-41H,6,9-10,19-21H2,1-2H3,(H,34,38)(H,35,39)/t22-,28-,29+,32-,33+/m0/s1. The molecule has 0 spiro atoms. The maximum atomic E-state index is 12.3. The van der Waals surface area contributed by atoms with Crippen LogP contribution in [0, 0.1) is 0 Å². The van der Waals surface area contributed by atoms with E-state index in [-0.39, 0.29) is 43.6 Å². The van der Waals surface area contributed by atoms with Crippen LogP contribution in [-0.4, -0.2) is 57.9 Å². The average Bonchev–Trinajstić information content (AvgIpc) is 3.04. The van der Waals surface area contributed by atoms with Crippen molar-refractivity contribution in [2.45, 2.75) is 69.9 Å². The van der Waals surface area contributed by atoms with Gasteiger partial charge in [-0.2, -0.15) is 0 Å². The third kappa shape index (κ3) is 9.17. The minimum absolute atomic E-state index is 0.0343. The molecule has 3 aromatic rings. The van der Waals surface area contributed by atoms with Crippen LogP contribution in [0.2, 0.25) is 0 Å². The summed E-state index contributed by atoms with van der Waals surface area (Å²) in [6, 6.07) is 24.4. The number of carbonyl (C=O) groups excluding carboxylic acids is 2. The zero-order valence-electron chi connectivity index (χ0n) is 24.6. The van der Waals surface area contributed by atoms with E-state index in [9.17, 15) is 19.8 Å². The van der Waals surface area contributed by atoms with Crippen LogP contribution in [0.15, 0.2) is 78.9 Å². The van der Waals surface area contributed by atoms with Gasteiger partial charge in [0.05, 0.1) is 24.9 Å². The van der Waals surface area contributed by atoms with Crippen LogP contribution in [0.4, 0.5) is 5.69 Å². The van der Waals surface area contributed by atoms with Crippen LogP contribution in [0.1, 0.15) is 73.4 Å². The highest BCUT2D eigenvalue weighted by Gasteiger charge is 2.34. The summed E-state index contributed by atoms with van der Waals surface area (Å²) in [6.45, 7) is 2.53. The first-order chi connectivity index (χ1) is 20.8. The molecule has 43 heavy (non-hydrogen) atoms. The van der Waals surface area contributed by atoms with Gasteiger partial charge < -0.3 is 25.0 Å². The molecule has 230 valence electrons. The fourth-order valence-electron chi connectivity index (χ4n) is 5.10. The molecule has 1 heterocycles. The molecule has 1 aliphatic rings. The summed E-state index contributed by atoms with van der Waals surface area (Å²) in [5.41, 5.74) is 5.61. The van der Waals surface area contributed by atoms with Crippen molar-refractivity contribution in [3.63, 3.8) is 0 Å². The van der Waals surface area contributed by atoms with Gasteiger partial charge in [-0.05, 0) is 49.2 Å². The Kier molecular flexibility index (Phi) is 11.8. The van der Waals surface area contributed by atoms with E-state index in [4.69, 9.17) is 14.7 Å². The van der Waals surface area contributed by atoms with E-state index in [1.807, 2.05) is 80.7 Å². The fourth-order valence-corrected chi connectivity index (χ4v) is 5.10. The first-order valence-corrected chi connectivity index (χ1v) is 14.5. The highest BCUT2D eigenvalue weighted by Crippen LogP contribution is 2.38. The van der Waals surface area contributed by atoms with E-state index < -0.39 is 18.3 Å². The minimum atomic E-state index is -0.661. The second-order valence-corrected chi connectivity index (χ2v) is 10.9. The monoisotopic (exact) mass is 591 g/mol. The van der Waals surface area contributed by atoms with Crippen molar-refractivity contribution in [2.75, 3.05) is 18.9 Å². The van der Waals surface area contributed by atoms with E-state index >= 15 is 0 Å². The van der Waals surface area contributed by atoms with Gasteiger partial charge in [-0.1, -0.05) is 66.7 Å². The molecule has 3 aromatic carbocycles. The number of benzene rings is 3. The van der Waals surface area contributed by atoms with E-state index in [1.54, 1.807) is 17.6 Å². The largest absolute Gasteiger partial charge is 0.392 e. The maximum absolute atomic E-state index is 12.3. The Labute approximate surface area is 252 Å². The van der Waals surface area contributed by atoms with Crippen molar-refractivity contribution in [1.29, 1.82) is 0 Å². The lowest BCUT2D eigenvalue weighted by molar-refractivity contribution is -0.253. The van der Waals surface area contributed by atoms with Crippen molar-refractivity contribution in [1.82, 2.24) is 10.4 Å². The summed E-state index contributed by atoms with van der Waals surface area (Å²) in [5, 5.41) is 31.9. The second kappa shape index (κ2) is 15.7. The van der Waals surface area contributed by atoms with E-state index in [0.29, 0.717) is 25.1 Å². The maximum Gasteiger partial charge on any atom is 0.243 e. The van der Waals surface area contributed by atoms with Gasteiger partial charge in [-0.3, -0.25) is 19.7 Å². The van der Waals surface area contributed by atoms with Gasteiger partial charge in [0.1, 0.15) is 0 Å². The summed E-state index contributed by atoms with van der Waals surface area (Å²) in [5.74, 6) is -0.761. The number of anilines is 1. The summed E-state index contributed by atoms with van der Waals surface area (Å²) in [7, 11) is 1.98. The Hall–Kier alpha value is -3.64. The average molecular weight is 592 g/mol. The van der Waals surface area contributed by atoms with Crippen LogP contribution in [-0.2, 0) is 25.7 Å². The lowest BCUT2D eigenvalue weighted by Crippen LogP contribution is -2.43. The van der Waals surface area contributed by atoms with Gasteiger partial charge in [0.15, 0.2) is 6.29 Å². The number of hydrogen-bond acceptors (Lipinski definition) is 8. The molecule has 2 amide bonds. The molecule has 0 radical (unpaired) electrons. The molecule has 4 rings (SSSR count). The first kappa shape index (κ1) is 32.3. The molecule has 0 bridgehead atoms. The van der Waals surface area contributed by atoms with Gasteiger partial charge >= 0.3 is 0 Å². The molecule has 0 aromatic heterocycles. The Morgan fingerprint density at radius 1 is 0.930 bits per heavy atom. The number of aliphatic hydroxyl groups excluding tert-OH is 2. The number of aliphatic hydroxyl groups is 2. The second-order valence-electron chi connectivity index (χ2n) is 10.9. The fraction of sp³-hybridized carbons (Fsp3) is 0.394. The van der Waals surface area contributed by atoms with Crippen molar-refractivity contribution >= 4 is 17.5 Å². The third-order valence-electron chi connectivity index (χ3n) is 7.80. The van der Waals surface area contributed by atoms with Crippen LogP contribution in [0.25, 0.3) is 0 Å². The molecule has 5 N–H and O–H groups in total. The summed E-state index contributed by atoms with van der Waals surface area (Å²) in [6.07, 6.45) is -0.643. The molecule has 0 unspecified atom stereocenters. The molecule has 10 heteroatoms. The molecule has 1 fully saturated rings. The SMILES string of the molecule is C[C@@H]([C@H](O)c1ccccc1)N(C)C[C@@H]1C[C@H](c2ccc(CO)cc2)O[C@H](c2ccc(NC(=O)CCCC(=O)NO)cc2)O1. The van der Waals surface area contributed by atoms with E-state index in [0.717, 1.165) is 22.3 Å². The molecule has 10 nitrogen and oxygen atoms in total. The molecule has 1 saturated heterocycles. The molecule has 1 aliphatic heterocycles. The molecular formula is C33H41N3O7. The Bertz CT molecular complexity index is 1300. The number of carbonyl (C=O) groups is 2. The molecular weight excluding hydrogens is 550 g/mol. The Balaban J connectivity index is 1.45. The van der Waals surface area contributed by atoms with Gasteiger partial charge in [0.25, 0.3) is 0 Å². The predicted octanol–water partition coefficient (Wildman–Crippen LogP) is 4.39. The van der Waals surface area contributed by atoms with Crippen molar-refractivity contribution in [2.24, 2.45) is 0 Å².